The molecule has 0 atom stereocenters. The molecule has 84 valence electrons. The van der Waals surface area contributed by atoms with Crippen molar-refractivity contribution in [2.75, 3.05) is 0 Å². The van der Waals surface area contributed by atoms with Gasteiger partial charge in [0.2, 0.25) is 5.89 Å². The van der Waals surface area contributed by atoms with Crippen LogP contribution in [0, 0.1) is 5.82 Å². The highest BCUT2D eigenvalue weighted by Gasteiger charge is 2.12. The molecule has 17 heavy (non-hydrogen) atoms. The molecule has 1 aromatic heterocycles. The van der Waals surface area contributed by atoms with Crippen LogP contribution in [0.3, 0.4) is 0 Å². The van der Waals surface area contributed by atoms with Crippen molar-refractivity contribution < 1.29 is 8.81 Å². The van der Waals surface area contributed by atoms with Gasteiger partial charge in [0, 0.05) is 10.0 Å². The molecule has 0 saturated heterocycles. The normalized spacial score (nSPS) is 10.9. The van der Waals surface area contributed by atoms with Crippen LogP contribution < -0.4 is 0 Å². The highest BCUT2D eigenvalue weighted by atomic mass is 79.9. The van der Waals surface area contributed by atoms with Crippen LogP contribution in [0.25, 0.3) is 22.6 Å². The molecule has 1 heterocycles. The van der Waals surface area contributed by atoms with E-state index in [1.165, 1.54) is 6.07 Å². The molecule has 2 nitrogen and oxygen atoms in total. The lowest BCUT2D eigenvalue weighted by molar-refractivity contribution is 0.564. The predicted octanol–water partition coefficient (Wildman–Crippen LogP) is 4.40. The molecule has 3 aromatic rings. The van der Waals surface area contributed by atoms with Crippen molar-refractivity contribution in [3.05, 3.63) is 52.8 Å². The Kier molecular flexibility index (Phi) is 2.44. The number of rotatable bonds is 1. The molecular formula is C13H7BrFNO. The highest BCUT2D eigenvalue weighted by Crippen LogP contribution is 2.28. The third-order valence-corrected chi connectivity index (χ3v) is 2.89. The monoisotopic (exact) mass is 291 g/mol. The van der Waals surface area contributed by atoms with Gasteiger partial charge in [-0.3, -0.25) is 0 Å². The minimum Gasteiger partial charge on any atom is -0.433 e. The maximum Gasteiger partial charge on any atom is 0.227 e. The smallest absolute Gasteiger partial charge is 0.227 e. The molecule has 0 radical (unpaired) electrons. The summed E-state index contributed by atoms with van der Waals surface area (Å²) in [6.45, 7) is 0. The number of aromatic nitrogens is 1. The third-order valence-electron chi connectivity index (χ3n) is 2.43. The third kappa shape index (κ3) is 1.85. The van der Waals surface area contributed by atoms with Gasteiger partial charge in [-0.1, -0.05) is 34.1 Å². The van der Waals surface area contributed by atoms with Crippen molar-refractivity contribution >= 4 is 27.0 Å². The van der Waals surface area contributed by atoms with Gasteiger partial charge in [0.1, 0.15) is 5.52 Å². The lowest BCUT2D eigenvalue weighted by atomic mass is 10.2. The Morgan fingerprint density at radius 2 is 1.88 bits per heavy atom. The standard InChI is InChI=1S/C13H7BrFNO/c14-9-6-10(15)12-11(7-9)16-13(17-12)8-4-2-1-3-5-8/h1-7H. The van der Waals surface area contributed by atoms with Gasteiger partial charge in [-0.05, 0) is 24.3 Å². The second-order valence-corrected chi connectivity index (χ2v) is 4.54. The van der Waals surface area contributed by atoms with Crippen LogP contribution in [0.5, 0.6) is 0 Å². The van der Waals surface area contributed by atoms with E-state index in [0.717, 1.165) is 5.56 Å². The minimum atomic E-state index is -0.413. The van der Waals surface area contributed by atoms with E-state index in [2.05, 4.69) is 20.9 Å². The van der Waals surface area contributed by atoms with Gasteiger partial charge in [0.25, 0.3) is 0 Å². The van der Waals surface area contributed by atoms with Crippen LogP contribution >= 0.6 is 15.9 Å². The average molecular weight is 292 g/mol. The topological polar surface area (TPSA) is 26.0 Å². The van der Waals surface area contributed by atoms with Crippen molar-refractivity contribution in [2.24, 2.45) is 0 Å². The maximum atomic E-state index is 13.6. The molecule has 0 aliphatic rings. The number of hydrogen-bond donors (Lipinski definition) is 0. The summed E-state index contributed by atoms with van der Waals surface area (Å²) in [6, 6.07) is 12.5. The first kappa shape index (κ1) is 10.5. The first-order valence-electron chi connectivity index (χ1n) is 5.05. The summed E-state index contributed by atoms with van der Waals surface area (Å²) < 4.78 is 19.7. The molecule has 0 N–H and O–H groups in total. The first-order valence-corrected chi connectivity index (χ1v) is 5.84. The molecule has 0 bridgehead atoms. The number of nitrogens with zero attached hydrogens (tertiary/aromatic N) is 1. The van der Waals surface area contributed by atoms with Crippen LogP contribution in [-0.4, -0.2) is 4.98 Å². The number of halogens is 2. The SMILES string of the molecule is Fc1cc(Br)cc2nc(-c3ccccc3)oc12. The van der Waals surface area contributed by atoms with Gasteiger partial charge < -0.3 is 4.42 Å². The van der Waals surface area contributed by atoms with Crippen molar-refractivity contribution in [2.45, 2.75) is 0 Å². The van der Waals surface area contributed by atoms with Gasteiger partial charge in [-0.15, -0.1) is 0 Å². The number of benzene rings is 2. The molecule has 3 rings (SSSR count). The fourth-order valence-corrected chi connectivity index (χ4v) is 2.08. The minimum absolute atomic E-state index is 0.187. The fraction of sp³-hybridized carbons (Fsp3) is 0. The molecule has 0 spiro atoms. The summed E-state index contributed by atoms with van der Waals surface area (Å²) in [4.78, 5) is 4.27. The Morgan fingerprint density at radius 3 is 2.65 bits per heavy atom. The Balaban J connectivity index is 2.24. The van der Waals surface area contributed by atoms with E-state index in [-0.39, 0.29) is 5.58 Å². The van der Waals surface area contributed by atoms with Gasteiger partial charge >= 0.3 is 0 Å². The second-order valence-electron chi connectivity index (χ2n) is 3.62. The average Bonchev–Trinajstić information content (AvgIpc) is 2.74. The van der Waals surface area contributed by atoms with Gasteiger partial charge in [-0.2, -0.15) is 0 Å². The molecule has 2 aromatic carbocycles. The zero-order chi connectivity index (χ0) is 11.8. The molecular weight excluding hydrogens is 285 g/mol. The predicted molar refractivity (Wildman–Crippen MR) is 67.1 cm³/mol. The van der Waals surface area contributed by atoms with Crippen LogP contribution in [0.15, 0.2) is 51.4 Å². The first-order chi connectivity index (χ1) is 8.24. The molecule has 4 heteroatoms. The molecule has 0 aliphatic heterocycles. The Morgan fingerprint density at radius 1 is 1.12 bits per heavy atom. The quantitative estimate of drug-likeness (QED) is 0.664. The van der Waals surface area contributed by atoms with E-state index in [1.54, 1.807) is 6.07 Å². The lowest BCUT2D eigenvalue weighted by Gasteiger charge is -1.92. The van der Waals surface area contributed by atoms with Crippen molar-refractivity contribution in [1.29, 1.82) is 0 Å². The molecule has 0 fully saturated rings. The molecule has 0 unspecified atom stereocenters. The summed E-state index contributed by atoms with van der Waals surface area (Å²) in [5.41, 5.74) is 1.53. The number of hydrogen-bond acceptors (Lipinski definition) is 2. The number of oxazole rings is 1. The largest absolute Gasteiger partial charge is 0.433 e. The number of fused-ring (bicyclic) bond motifs is 1. The maximum absolute atomic E-state index is 13.6. The van der Waals surface area contributed by atoms with Gasteiger partial charge in [0.15, 0.2) is 11.4 Å². The van der Waals surface area contributed by atoms with Crippen LogP contribution in [0.1, 0.15) is 0 Å². The Bertz CT molecular complexity index is 678. The van der Waals surface area contributed by atoms with E-state index in [1.807, 2.05) is 30.3 Å². The molecule has 0 aliphatic carbocycles. The van der Waals surface area contributed by atoms with Crippen LogP contribution in [0.4, 0.5) is 4.39 Å². The van der Waals surface area contributed by atoms with E-state index in [9.17, 15) is 4.39 Å². The van der Waals surface area contributed by atoms with Crippen molar-refractivity contribution in [3.63, 3.8) is 0 Å². The van der Waals surface area contributed by atoms with E-state index < -0.39 is 5.82 Å². The Labute approximate surface area is 105 Å². The van der Waals surface area contributed by atoms with Gasteiger partial charge in [-0.25, -0.2) is 9.37 Å². The summed E-state index contributed by atoms with van der Waals surface area (Å²) in [6.07, 6.45) is 0. The lowest BCUT2D eigenvalue weighted by Crippen LogP contribution is -1.76. The second kappa shape index (κ2) is 3.96. The van der Waals surface area contributed by atoms with E-state index in [0.29, 0.717) is 15.9 Å². The van der Waals surface area contributed by atoms with E-state index in [4.69, 9.17) is 4.42 Å². The van der Waals surface area contributed by atoms with E-state index >= 15 is 0 Å². The van der Waals surface area contributed by atoms with Crippen LogP contribution in [-0.2, 0) is 0 Å². The Hall–Kier alpha value is -1.68. The summed E-state index contributed by atoms with van der Waals surface area (Å²) in [5, 5.41) is 0. The molecule has 0 amide bonds. The van der Waals surface area contributed by atoms with Crippen LogP contribution in [0.2, 0.25) is 0 Å². The highest BCUT2D eigenvalue weighted by molar-refractivity contribution is 9.10. The zero-order valence-electron chi connectivity index (χ0n) is 8.65. The molecule has 0 saturated carbocycles. The van der Waals surface area contributed by atoms with Gasteiger partial charge in [0.05, 0.1) is 0 Å². The summed E-state index contributed by atoms with van der Waals surface area (Å²) in [5.74, 6) is 0.0154. The summed E-state index contributed by atoms with van der Waals surface area (Å²) in [7, 11) is 0. The zero-order valence-corrected chi connectivity index (χ0v) is 10.2. The fourth-order valence-electron chi connectivity index (χ4n) is 1.66. The van der Waals surface area contributed by atoms with Crippen molar-refractivity contribution in [1.82, 2.24) is 4.98 Å². The summed E-state index contributed by atoms with van der Waals surface area (Å²) >= 11 is 3.23. The van der Waals surface area contributed by atoms with Crippen molar-refractivity contribution in [3.8, 4) is 11.5 Å².